The normalized spacial score (nSPS) is 14.9. The Morgan fingerprint density at radius 2 is 1.60 bits per heavy atom. The molecule has 35 heavy (non-hydrogen) atoms. The molecular weight excluding hydrogens is 442 g/mol. The van der Waals surface area contributed by atoms with Gasteiger partial charge in [0.1, 0.15) is 5.58 Å². The molecule has 0 bridgehead atoms. The summed E-state index contributed by atoms with van der Waals surface area (Å²) in [4.78, 5) is 29.1. The summed E-state index contributed by atoms with van der Waals surface area (Å²) in [5, 5.41) is 0.502. The van der Waals surface area contributed by atoms with Gasteiger partial charge in [0, 0.05) is 6.54 Å². The lowest BCUT2D eigenvalue weighted by Crippen LogP contribution is -2.31. The Bertz CT molecular complexity index is 1490. The number of hydrogen-bond donors (Lipinski definition) is 0. The molecule has 1 atom stereocenters. The highest BCUT2D eigenvalue weighted by Gasteiger charge is 2.42. The third kappa shape index (κ3) is 3.85. The zero-order chi connectivity index (χ0) is 24.7. The van der Waals surface area contributed by atoms with Crippen molar-refractivity contribution in [1.29, 1.82) is 0 Å². The van der Waals surface area contributed by atoms with Crippen molar-refractivity contribution >= 4 is 16.9 Å². The van der Waals surface area contributed by atoms with Crippen molar-refractivity contribution < 1.29 is 18.7 Å². The number of benzene rings is 3. The van der Waals surface area contributed by atoms with E-state index in [0.29, 0.717) is 41.0 Å². The van der Waals surface area contributed by atoms with Crippen LogP contribution in [-0.2, 0) is 6.42 Å². The Kier molecular flexibility index (Phi) is 5.81. The van der Waals surface area contributed by atoms with Crippen molar-refractivity contribution in [3.05, 3.63) is 104 Å². The number of aryl methyl sites for hydroxylation is 2. The van der Waals surface area contributed by atoms with Crippen molar-refractivity contribution in [3.8, 4) is 11.5 Å². The van der Waals surface area contributed by atoms with Crippen molar-refractivity contribution in [3.63, 3.8) is 0 Å². The fourth-order valence-corrected chi connectivity index (χ4v) is 4.77. The first-order chi connectivity index (χ1) is 16.9. The lowest BCUT2D eigenvalue weighted by molar-refractivity contribution is 0.0730. The van der Waals surface area contributed by atoms with Crippen LogP contribution in [0.1, 0.15) is 44.4 Å². The molecule has 0 saturated carbocycles. The van der Waals surface area contributed by atoms with Gasteiger partial charge < -0.3 is 18.8 Å². The Morgan fingerprint density at radius 1 is 0.886 bits per heavy atom. The molecule has 0 saturated heterocycles. The van der Waals surface area contributed by atoms with E-state index in [9.17, 15) is 9.59 Å². The van der Waals surface area contributed by atoms with Gasteiger partial charge in [-0.25, -0.2) is 0 Å². The molecule has 178 valence electrons. The van der Waals surface area contributed by atoms with Crippen LogP contribution < -0.4 is 14.9 Å². The van der Waals surface area contributed by atoms with Crippen LogP contribution >= 0.6 is 0 Å². The first-order valence-corrected chi connectivity index (χ1v) is 11.6. The van der Waals surface area contributed by atoms with E-state index in [1.165, 1.54) is 0 Å². The van der Waals surface area contributed by atoms with Gasteiger partial charge in [-0.1, -0.05) is 36.4 Å². The van der Waals surface area contributed by atoms with Gasteiger partial charge in [-0.2, -0.15) is 0 Å². The van der Waals surface area contributed by atoms with Gasteiger partial charge in [0.05, 0.1) is 31.2 Å². The molecule has 0 fully saturated rings. The second kappa shape index (κ2) is 8.95. The summed E-state index contributed by atoms with van der Waals surface area (Å²) in [6, 6.07) is 18.5. The van der Waals surface area contributed by atoms with Gasteiger partial charge in [-0.3, -0.25) is 9.59 Å². The molecule has 0 aliphatic carbocycles. The molecule has 6 nitrogen and oxygen atoms in total. The van der Waals surface area contributed by atoms with E-state index in [1.807, 2.05) is 74.5 Å². The Hall–Kier alpha value is -4.06. The summed E-state index contributed by atoms with van der Waals surface area (Å²) in [6.45, 7) is 4.34. The predicted molar refractivity (Wildman–Crippen MR) is 135 cm³/mol. The molecule has 6 heteroatoms. The number of carbonyl (C=O) groups is 1. The summed E-state index contributed by atoms with van der Waals surface area (Å²) in [5.41, 5.74) is 4.59. The molecule has 0 spiro atoms. The van der Waals surface area contributed by atoms with E-state index in [2.05, 4.69) is 0 Å². The highest BCUT2D eigenvalue weighted by Crippen LogP contribution is 2.38. The van der Waals surface area contributed by atoms with E-state index in [-0.39, 0.29) is 17.1 Å². The number of carbonyl (C=O) groups excluding carboxylic acids is 1. The average molecular weight is 470 g/mol. The fourth-order valence-electron chi connectivity index (χ4n) is 4.77. The van der Waals surface area contributed by atoms with Crippen molar-refractivity contribution in [2.24, 2.45) is 0 Å². The third-order valence-corrected chi connectivity index (χ3v) is 6.79. The quantitative estimate of drug-likeness (QED) is 0.388. The largest absolute Gasteiger partial charge is 0.493 e. The number of fused-ring (bicyclic) bond motifs is 2. The summed E-state index contributed by atoms with van der Waals surface area (Å²) in [5.74, 6) is 1.14. The number of hydrogen-bond acceptors (Lipinski definition) is 5. The lowest BCUT2D eigenvalue weighted by atomic mass is 9.97. The van der Waals surface area contributed by atoms with E-state index >= 15 is 0 Å². The Labute approximate surface area is 203 Å². The van der Waals surface area contributed by atoms with E-state index in [1.54, 1.807) is 19.1 Å². The maximum Gasteiger partial charge on any atom is 0.290 e. The van der Waals surface area contributed by atoms with Crippen LogP contribution in [0.25, 0.3) is 11.0 Å². The molecular formula is C29H27NO5. The van der Waals surface area contributed by atoms with Crippen molar-refractivity contribution in [1.82, 2.24) is 4.90 Å². The van der Waals surface area contributed by atoms with Crippen LogP contribution in [0.5, 0.6) is 11.5 Å². The first-order valence-electron chi connectivity index (χ1n) is 11.6. The maximum atomic E-state index is 13.7. The summed E-state index contributed by atoms with van der Waals surface area (Å²) >= 11 is 0. The Morgan fingerprint density at radius 3 is 2.31 bits per heavy atom. The average Bonchev–Trinajstić information content (AvgIpc) is 3.16. The van der Waals surface area contributed by atoms with Crippen molar-refractivity contribution in [2.75, 3.05) is 20.8 Å². The third-order valence-electron chi connectivity index (χ3n) is 6.79. The highest BCUT2D eigenvalue weighted by atomic mass is 16.5. The van der Waals surface area contributed by atoms with Crippen LogP contribution in [0.15, 0.2) is 69.9 Å². The zero-order valence-corrected chi connectivity index (χ0v) is 20.3. The SMILES string of the molecule is COc1ccc(CCN2C(=O)c3oc4cc(C)c(C)cc4c(=O)c3[C@@H]2c2ccccc2)cc1OC. The molecule has 0 N–H and O–H groups in total. The van der Waals surface area contributed by atoms with Gasteiger partial charge in [0.25, 0.3) is 5.91 Å². The minimum Gasteiger partial charge on any atom is -0.493 e. The molecule has 3 aromatic carbocycles. The van der Waals surface area contributed by atoms with E-state index in [0.717, 1.165) is 22.3 Å². The maximum absolute atomic E-state index is 13.7. The predicted octanol–water partition coefficient (Wildman–Crippen LogP) is 5.21. The van der Waals surface area contributed by atoms with Crippen LogP contribution in [0.3, 0.4) is 0 Å². The van der Waals surface area contributed by atoms with Gasteiger partial charge in [-0.05, 0) is 66.8 Å². The molecule has 1 amide bonds. The van der Waals surface area contributed by atoms with Gasteiger partial charge in [0.15, 0.2) is 16.9 Å². The van der Waals surface area contributed by atoms with Gasteiger partial charge in [0.2, 0.25) is 5.76 Å². The minimum absolute atomic E-state index is 0.131. The number of rotatable bonds is 6. The zero-order valence-electron chi connectivity index (χ0n) is 20.3. The summed E-state index contributed by atoms with van der Waals surface area (Å²) in [7, 11) is 3.19. The summed E-state index contributed by atoms with van der Waals surface area (Å²) in [6.07, 6.45) is 0.579. The van der Waals surface area contributed by atoms with Crippen LogP contribution in [0.4, 0.5) is 0 Å². The topological polar surface area (TPSA) is 69.0 Å². The van der Waals surface area contributed by atoms with Crippen LogP contribution in [0.2, 0.25) is 0 Å². The molecule has 0 radical (unpaired) electrons. The second-order valence-electron chi connectivity index (χ2n) is 8.86. The minimum atomic E-state index is -0.513. The molecule has 0 unspecified atom stereocenters. The molecule has 1 aromatic heterocycles. The standard InChI is InChI=1S/C29H27NO5/c1-17-14-21-23(15-18(17)2)35-28-25(27(21)31)26(20-8-6-5-7-9-20)30(29(28)32)13-12-19-10-11-22(33-3)24(16-19)34-4/h5-11,14-16,26H,12-13H2,1-4H3/t26-/m0/s1. The monoisotopic (exact) mass is 469 g/mol. The molecule has 5 rings (SSSR count). The molecule has 1 aliphatic rings. The van der Waals surface area contributed by atoms with Gasteiger partial charge >= 0.3 is 0 Å². The first kappa shape index (κ1) is 22.7. The lowest BCUT2D eigenvalue weighted by Gasteiger charge is -2.25. The van der Waals surface area contributed by atoms with E-state index in [4.69, 9.17) is 13.9 Å². The number of nitrogens with zero attached hydrogens (tertiary/aromatic N) is 1. The van der Waals surface area contributed by atoms with Gasteiger partial charge in [-0.15, -0.1) is 0 Å². The number of methoxy groups -OCH3 is 2. The second-order valence-corrected chi connectivity index (χ2v) is 8.86. The van der Waals surface area contributed by atoms with Crippen LogP contribution in [0, 0.1) is 13.8 Å². The molecule has 2 heterocycles. The number of ether oxygens (including phenoxy) is 2. The van der Waals surface area contributed by atoms with E-state index < -0.39 is 6.04 Å². The molecule has 1 aliphatic heterocycles. The Balaban J connectivity index is 1.59. The van der Waals surface area contributed by atoms with Crippen LogP contribution in [-0.4, -0.2) is 31.6 Å². The highest BCUT2D eigenvalue weighted by molar-refractivity contribution is 5.99. The molecule has 4 aromatic rings. The summed E-state index contributed by atoms with van der Waals surface area (Å²) < 4.78 is 16.9. The smallest absolute Gasteiger partial charge is 0.290 e. The number of amides is 1. The van der Waals surface area contributed by atoms with Crippen molar-refractivity contribution in [2.45, 2.75) is 26.3 Å². The fraction of sp³-hybridized carbons (Fsp3) is 0.241.